The van der Waals surface area contributed by atoms with Crippen molar-refractivity contribution in [1.29, 1.82) is 0 Å². The van der Waals surface area contributed by atoms with Crippen molar-refractivity contribution in [1.82, 2.24) is 15.1 Å². The predicted octanol–water partition coefficient (Wildman–Crippen LogP) is 2.67. The standard InChI is InChI=1S/C17H17N3O4/c1-4-12-7-11(9-15(21)18-12)17-19-16(20-24-17)10-5-6-13(22-2)14(8-10)23-3/h5-9H,4H2,1-3H3,(H,18,21). The van der Waals surface area contributed by atoms with Crippen LogP contribution in [0.4, 0.5) is 0 Å². The Labute approximate surface area is 138 Å². The zero-order valence-corrected chi connectivity index (χ0v) is 13.6. The number of aryl methyl sites for hydroxylation is 1. The Hall–Kier alpha value is -3.09. The molecule has 24 heavy (non-hydrogen) atoms. The molecule has 2 heterocycles. The van der Waals surface area contributed by atoms with E-state index in [-0.39, 0.29) is 5.56 Å². The largest absolute Gasteiger partial charge is 0.493 e. The minimum Gasteiger partial charge on any atom is -0.493 e. The van der Waals surface area contributed by atoms with Crippen molar-refractivity contribution in [3.63, 3.8) is 0 Å². The smallest absolute Gasteiger partial charge is 0.258 e. The summed E-state index contributed by atoms with van der Waals surface area (Å²) in [5.74, 6) is 1.89. The Morgan fingerprint density at radius 2 is 1.88 bits per heavy atom. The number of hydrogen-bond donors (Lipinski definition) is 1. The van der Waals surface area contributed by atoms with Crippen LogP contribution in [0.3, 0.4) is 0 Å². The van der Waals surface area contributed by atoms with Crippen molar-refractivity contribution in [2.75, 3.05) is 14.2 Å². The van der Waals surface area contributed by atoms with Gasteiger partial charge in [-0.05, 0) is 30.7 Å². The van der Waals surface area contributed by atoms with Crippen molar-refractivity contribution in [2.24, 2.45) is 0 Å². The first-order valence-electron chi connectivity index (χ1n) is 7.44. The fourth-order valence-electron chi connectivity index (χ4n) is 2.35. The second-order valence-corrected chi connectivity index (χ2v) is 5.10. The highest BCUT2D eigenvalue weighted by molar-refractivity contribution is 5.63. The summed E-state index contributed by atoms with van der Waals surface area (Å²) in [6.45, 7) is 1.96. The lowest BCUT2D eigenvalue weighted by atomic mass is 10.2. The van der Waals surface area contributed by atoms with E-state index in [1.54, 1.807) is 26.4 Å². The molecule has 7 nitrogen and oxygen atoms in total. The lowest BCUT2D eigenvalue weighted by Crippen LogP contribution is -2.07. The van der Waals surface area contributed by atoms with Gasteiger partial charge in [-0.25, -0.2) is 0 Å². The number of hydrogen-bond acceptors (Lipinski definition) is 6. The van der Waals surface area contributed by atoms with Gasteiger partial charge in [-0.3, -0.25) is 4.79 Å². The minimum atomic E-state index is -0.199. The number of aromatic amines is 1. The third-order valence-corrected chi connectivity index (χ3v) is 3.60. The van der Waals surface area contributed by atoms with Crippen LogP contribution >= 0.6 is 0 Å². The van der Waals surface area contributed by atoms with E-state index in [0.29, 0.717) is 35.2 Å². The van der Waals surface area contributed by atoms with Crippen molar-refractivity contribution in [3.05, 3.63) is 46.4 Å². The number of ether oxygens (including phenoxy) is 2. The van der Waals surface area contributed by atoms with E-state index in [4.69, 9.17) is 14.0 Å². The van der Waals surface area contributed by atoms with Gasteiger partial charge < -0.3 is 19.0 Å². The lowest BCUT2D eigenvalue weighted by Gasteiger charge is -2.07. The van der Waals surface area contributed by atoms with Crippen LogP contribution in [-0.4, -0.2) is 29.3 Å². The molecule has 124 valence electrons. The van der Waals surface area contributed by atoms with Crippen LogP contribution in [0.5, 0.6) is 11.5 Å². The van der Waals surface area contributed by atoms with Crippen LogP contribution in [-0.2, 0) is 6.42 Å². The Balaban J connectivity index is 1.99. The zero-order chi connectivity index (χ0) is 17.1. The quantitative estimate of drug-likeness (QED) is 0.775. The maximum Gasteiger partial charge on any atom is 0.258 e. The summed E-state index contributed by atoms with van der Waals surface area (Å²) in [6.07, 6.45) is 0.708. The van der Waals surface area contributed by atoms with Crippen molar-refractivity contribution < 1.29 is 14.0 Å². The van der Waals surface area contributed by atoms with Gasteiger partial charge in [0.25, 0.3) is 5.89 Å². The number of aromatic nitrogens is 3. The molecule has 0 fully saturated rings. The van der Waals surface area contributed by atoms with Crippen LogP contribution in [0.1, 0.15) is 12.6 Å². The SMILES string of the molecule is CCc1cc(-c2nc(-c3ccc(OC)c(OC)c3)no2)cc(=O)[nH]1. The fourth-order valence-corrected chi connectivity index (χ4v) is 2.35. The molecule has 0 saturated carbocycles. The first-order valence-corrected chi connectivity index (χ1v) is 7.44. The van der Waals surface area contributed by atoms with Crippen LogP contribution < -0.4 is 15.0 Å². The maximum atomic E-state index is 11.7. The van der Waals surface area contributed by atoms with Gasteiger partial charge >= 0.3 is 0 Å². The third-order valence-electron chi connectivity index (χ3n) is 3.60. The van der Waals surface area contributed by atoms with Crippen LogP contribution in [0.15, 0.2) is 39.6 Å². The average Bonchev–Trinajstić information content (AvgIpc) is 3.10. The van der Waals surface area contributed by atoms with E-state index in [1.807, 2.05) is 19.1 Å². The second kappa shape index (κ2) is 6.57. The third kappa shape index (κ3) is 3.01. The summed E-state index contributed by atoms with van der Waals surface area (Å²) in [7, 11) is 3.13. The number of benzene rings is 1. The van der Waals surface area contributed by atoms with Gasteiger partial charge in [0, 0.05) is 22.9 Å². The molecule has 0 unspecified atom stereocenters. The Kier molecular flexibility index (Phi) is 4.33. The Morgan fingerprint density at radius 1 is 1.08 bits per heavy atom. The first kappa shape index (κ1) is 15.8. The van der Waals surface area contributed by atoms with Gasteiger partial charge in [0.15, 0.2) is 11.5 Å². The molecule has 0 radical (unpaired) electrons. The first-order chi connectivity index (χ1) is 11.6. The molecule has 3 rings (SSSR count). The van der Waals surface area contributed by atoms with E-state index >= 15 is 0 Å². The van der Waals surface area contributed by atoms with Gasteiger partial charge in [0.2, 0.25) is 11.4 Å². The minimum absolute atomic E-state index is 0.199. The molecule has 0 bridgehead atoms. The Bertz CT molecular complexity index is 914. The molecular weight excluding hydrogens is 310 g/mol. The van der Waals surface area contributed by atoms with Gasteiger partial charge in [-0.1, -0.05) is 12.1 Å². The van der Waals surface area contributed by atoms with Gasteiger partial charge in [0.05, 0.1) is 14.2 Å². The molecule has 0 aliphatic carbocycles. The lowest BCUT2D eigenvalue weighted by molar-refractivity contribution is 0.355. The van der Waals surface area contributed by atoms with Crippen LogP contribution in [0.25, 0.3) is 22.8 Å². The molecule has 0 spiro atoms. The molecule has 7 heteroatoms. The van der Waals surface area contributed by atoms with Crippen molar-refractivity contribution in [3.8, 4) is 34.3 Å². The predicted molar refractivity (Wildman–Crippen MR) is 88.3 cm³/mol. The van der Waals surface area contributed by atoms with E-state index < -0.39 is 0 Å². The molecule has 0 amide bonds. The molecule has 1 aromatic carbocycles. The highest BCUT2D eigenvalue weighted by Crippen LogP contribution is 2.31. The zero-order valence-electron chi connectivity index (χ0n) is 13.6. The fraction of sp³-hybridized carbons (Fsp3) is 0.235. The summed E-state index contributed by atoms with van der Waals surface area (Å²) >= 11 is 0. The summed E-state index contributed by atoms with van der Waals surface area (Å²) in [5.41, 5.74) is 1.93. The van der Waals surface area contributed by atoms with E-state index in [2.05, 4.69) is 15.1 Å². The molecular formula is C17H17N3O4. The summed E-state index contributed by atoms with van der Waals surface area (Å²) in [4.78, 5) is 18.8. The van der Waals surface area contributed by atoms with Crippen LogP contribution in [0, 0.1) is 0 Å². The summed E-state index contributed by atoms with van der Waals surface area (Å²) < 4.78 is 15.8. The molecule has 0 aliphatic rings. The summed E-state index contributed by atoms with van der Waals surface area (Å²) in [6, 6.07) is 8.61. The number of nitrogens with zero attached hydrogens (tertiary/aromatic N) is 2. The number of nitrogens with one attached hydrogen (secondary N) is 1. The Morgan fingerprint density at radius 3 is 2.58 bits per heavy atom. The summed E-state index contributed by atoms with van der Waals surface area (Å²) in [5, 5.41) is 3.98. The molecule has 3 aromatic rings. The second-order valence-electron chi connectivity index (χ2n) is 5.10. The molecule has 0 saturated heterocycles. The topological polar surface area (TPSA) is 90.2 Å². The maximum absolute atomic E-state index is 11.7. The number of pyridine rings is 1. The average molecular weight is 327 g/mol. The molecule has 0 atom stereocenters. The van der Waals surface area contributed by atoms with Crippen LogP contribution in [0.2, 0.25) is 0 Å². The van der Waals surface area contributed by atoms with Crippen molar-refractivity contribution >= 4 is 0 Å². The molecule has 2 aromatic heterocycles. The number of rotatable bonds is 5. The van der Waals surface area contributed by atoms with Gasteiger partial charge in [-0.2, -0.15) is 4.98 Å². The highest BCUT2D eigenvalue weighted by Gasteiger charge is 2.14. The molecule has 0 aliphatic heterocycles. The van der Waals surface area contributed by atoms with Gasteiger partial charge in [-0.15, -0.1) is 0 Å². The highest BCUT2D eigenvalue weighted by atomic mass is 16.5. The normalized spacial score (nSPS) is 10.6. The van der Waals surface area contributed by atoms with E-state index in [0.717, 1.165) is 11.3 Å². The van der Waals surface area contributed by atoms with Crippen molar-refractivity contribution in [2.45, 2.75) is 13.3 Å². The van der Waals surface area contributed by atoms with E-state index in [9.17, 15) is 4.79 Å². The van der Waals surface area contributed by atoms with E-state index in [1.165, 1.54) is 6.07 Å². The van der Waals surface area contributed by atoms with Gasteiger partial charge in [0.1, 0.15) is 0 Å². The molecule has 1 N–H and O–H groups in total. The monoisotopic (exact) mass is 327 g/mol. The number of H-pyrrole nitrogens is 1. The number of methoxy groups -OCH3 is 2.